The molecule has 3 aliphatic heterocycles. The van der Waals surface area contributed by atoms with Gasteiger partial charge in [0.05, 0.1) is 29.0 Å². The second kappa shape index (κ2) is 5.06. The van der Waals surface area contributed by atoms with E-state index >= 15 is 0 Å². The number of piperidine rings is 1. The fourth-order valence-electron chi connectivity index (χ4n) is 6.09. The van der Waals surface area contributed by atoms with Crippen LogP contribution in [-0.4, -0.2) is 35.2 Å². The molecule has 1 spiro atoms. The summed E-state index contributed by atoms with van der Waals surface area (Å²) in [7, 11) is 1.83. The lowest BCUT2D eigenvalue weighted by Crippen LogP contribution is -2.70. The highest BCUT2D eigenvalue weighted by Gasteiger charge is 2.71. The molecule has 3 heterocycles. The zero-order chi connectivity index (χ0) is 18.2. The van der Waals surface area contributed by atoms with E-state index in [9.17, 15) is 14.4 Å². The van der Waals surface area contributed by atoms with Crippen molar-refractivity contribution in [2.24, 2.45) is 17.8 Å². The van der Waals surface area contributed by atoms with Crippen molar-refractivity contribution in [3.8, 4) is 0 Å². The Morgan fingerprint density at radius 2 is 1.73 bits per heavy atom. The largest absolute Gasteiger partial charge is 0.335 e. The van der Waals surface area contributed by atoms with Crippen LogP contribution < -0.4 is 4.90 Å². The van der Waals surface area contributed by atoms with Gasteiger partial charge < -0.3 is 4.90 Å². The first-order valence-electron chi connectivity index (χ1n) is 9.41. The van der Waals surface area contributed by atoms with Crippen molar-refractivity contribution in [1.29, 1.82) is 0 Å². The Balaban J connectivity index is 1.72. The second-order valence-electron chi connectivity index (χ2n) is 8.02. The first-order chi connectivity index (χ1) is 12.5. The van der Waals surface area contributed by atoms with Crippen LogP contribution in [0.2, 0.25) is 0 Å². The molecule has 5 aliphatic rings. The molecule has 134 valence electrons. The third kappa shape index (κ3) is 1.60. The maximum atomic E-state index is 13.5. The summed E-state index contributed by atoms with van der Waals surface area (Å²) in [5, 5.41) is 0. The Kier molecular flexibility index (Phi) is 3.07. The minimum absolute atomic E-state index is 0.00506. The summed E-state index contributed by atoms with van der Waals surface area (Å²) in [6.45, 7) is 2.00. The van der Waals surface area contributed by atoms with Crippen LogP contribution in [0, 0.1) is 17.8 Å². The highest BCUT2D eigenvalue weighted by molar-refractivity contribution is 6.24. The van der Waals surface area contributed by atoms with Crippen molar-refractivity contribution in [2.75, 3.05) is 11.9 Å². The minimum atomic E-state index is -0.602. The van der Waals surface area contributed by atoms with Crippen molar-refractivity contribution in [3.63, 3.8) is 0 Å². The molecule has 1 aromatic carbocycles. The fraction of sp³-hybridized carbons (Fsp3) is 0.476. The minimum Gasteiger partial charge on any atom is -0.335 e. The number of nitrogens with zero attached hydrogens (tertiary/aromatic N) is 2. The molecule has 0 N–H and O–H groups in total. The van der Waals surface area contributed by atoms with E-state index in [-0.39, 0.29) is 17.7 Å². The number of anilines is 1. The molecule has 6 rings (SSSR count). The number of hydrogen-bond donors (Lipinski definition) is 0. The summed E-state index contributed by atoms with van der Waals surface area (Å²) in [5.74, 6) is -1.81. The highest BCUT2D eigenvalue weighted by Crippen LogP contribution is 2.61. The van der Waals surface area contributed by atoms with Crippen LogP contribution >= 0.6 is 0 Å². The lowest BCUT2D eigenvalue weighted by atomic mass is 9.53. The van der Waals surface area contributed by atoms with E-state index in [0.717, 1.165) is 31.3 Å². The predicted octanol–water partition coefficient (Wildman–Crippen LogP) is 2.52. The summed E-state index contributed by atoms with van der Waals surface area (Å²) in [6, 6.07) is 9.11. The van der Waals surface area contributed by atoms with E-state index in [1.165, 1.54) is 10.5 Å². The first kappa shape index (κ1) is 15.8. The number of likely N-dealkylation sites (N-methyl/N-ethyl adjacent to an activating group) is 1. The predicted molar refractivity (Wildman–Crippen MR) is 96.1 cm³/mol. The van der Waals surface area contributed by atoms with Crippen LogP contribution in [0.25, 0.3) is 0 Å². The van der Waals surface area contributed by atoms with Gasteiger partial charge in [-0.2, -0.15) is 0 Å². The Bertz CT molecular complexity index is 875. The molecule has 4 atom stereocenters. The third-order valence-electron chi connectivity index (χ3n) is 7.13. The molecule has 3 fully saturated rings. The van der Waals surface area contributed by atoms with E-state index < -0.39 is 23.3 Å². The van der Waals surface area contributed by atoms with Gasteiger partial charge in [-0.15, -0.1) is 0 Å². The molecule has 2 saturated heterocycles. The van der Waals surface area contributed by atoms with Gasteiger partial charge in [-0.1, -0.05) is 30.2 Å². The van der Waals surface area contributed by atoms with Crippen molar-refractivity contribution in [2.45, 2.75) is 38.1 Å². The van der Waals surface area contributed by atoms with Gasteiger partial charge >= 0.3 is 0 Å². The van der Waals surface area contributed by atoms with E-state index in [1.54, 1.807) is 17.0 Å². The van der Waals surface area contributed by atoms with E-state index in [1.807, 2.05) is 32.2 Å². The maximum absolute atomic E-state index is 13.5. The smallest absolute Gasteiger partial charge is 0.240 e. The first-order valence-corrected chi connectivity index (χ1v) is 9.41. The summed E-state index contributed by atoms with van der Waals surface area (Å²) in [6.07, 6.45) is 3.77. The highest BCUT2D eigenvalue weighted by atomic mass is 16.2. The van der Waals surface area contributed by atoms with E-state index in [4.69, 9.17) is 0 Å². The number of carbonyl (C=O) groups excluding carboxylic acids is 3. The quantitative estimate of drug-likeness (QED) is 0.578. The Morgan fingerprint density at radius 3 is 2.46 bits per heavy atom. The van der Waals surface area contributed by atoms with Crippen molar-refractivity contribution < 1.29 is 14.4 Å². The number of imide groups is 1. The fourth-order valence-corrected chi connectivity index (χ4v) is 6.09. The van der Waals surface area contributed by atoms with Gasteiger partial charge in [0.25, 0.3) is 0 Å². The van der Waals surface area contributed by atoms with E-state index in [2.05, 4.69) is 0 Å². The monoisotopic (exact) mass is 350 g/mol. The van der Waals surface area contributed by atoms with Crippen LogP contribution in [0.15, 0.2) is 41.5 Å². The van der Waals surface area contributed by atoms with E-state index in [0.29, 0.717) is 5.69 Å². The Hall–Kier alpha value is -2.43. The van der Waals surface area contributed by atoms with Crippen molar-refractivity contribution >= 4 is 23.4 Å². The number of hydrogen-bond acceptors (Lipinski definition) is 3. The molecule has 5 nitrogen and oxygen atoms in total. The Labute approximate surface area is 152 Å². The Morgan fingerprint density at radius 1 is 1.00 bits per heavy atom. The van der Waals surface area contributed by atoms with Gasteiger partial charge in [0.15, 0.2) is 0 Å². The summed E-state index contributed by atoms with van der Waals surface area (Å²) >= 11 is 0. The standard InChI is InChI=1S/C21H22N2O3/c1-12-14-10-6-7-11-21(14)17-16(15(12)18(24)22(21)2)19(25)23(20(17)26)13-8-4-3-5-9-13/h3-5,8-9,15-17H,6-7,10-11H2,1-2H3/t15-,16+,17-,21-/m0/s1. The number of benzene rings is 1. The maximum Gasteiger partial charge on any atom is 0.240 e. The number of fused-ring (bicyclic) bond motifs is 1. The molecule has 2 bridgehead atoms. The molecule has 0 aromatic heterocycles. The lowest BCUT2D eigenvalue weighted by Gasteiger charge is -2.60. The summed E-state index contributed by atoms with van der Waals surface area (Å²) in [5.41, 5.74) is 2.30. The molecule has 1 aromatic rings. The molecule has 5 heteroatoms. The van der Waals surface area contributed by atoms with Crippen LogP contribution in [-0.2, 0) is 14.4 Å². The zero-order valence-electron chi connectivity index (χ0n) is 15.1. The zero-order valence-corrected chi connectivity index (χ0v) is 15.1. The molecule has 0 radical (unpaired) electrons. The summed E-state index contributed by atoms with van der Waals surface area (Å²) < 4.78 is 0. The third-order valence-corrected chi connectivity index (χ3v) is 7.13. The molecule has 3 amide bonds. The normalized spacial score (nSPS) is 35.9. The van der Waals surface area contributed by atoms with Gasteiger partial charge in [0.2, 0.25) is 17.7 Å². The average Bonchev–Trinajstić information content (AvgIpc) is 2.92. The van der Waals surface area contributed by atoms with Gasteiger partial charge in [-0.25, -0.2) is 4.90 Å². The van der Waals surface area contributed by atoms with Crippen LogP contribution in [0.3, 0.4) is 0 Å². The molecular weight excluding hydrogens is 328 g/mol. The van der Waals surface area contributed by atoms with Gasteiger partial charge in [0.1, 0.15) is 0 Å². The second-order valence-corrected chi connectivity index (χ2v) is 8.02. The lowest BCUT2D eigenvalue weighted by molar-refractivity contribution is -0.160. The number of rotatable bonds is 1. The molecular formula is C21H22N2O3. The number of carbonyl (C=O) groups is 3. The number of para-hydroxylation sites is 1. The average molecular weight is 350 g/mol. The molecule has 0 unspecified atom stereocenters. The van der Waals surface area contributed by atoms with Gasteiger partial charge in [-0.3, -0.25) is 14.4 Å². The van der Waals surface area contributed by atoms with Gasteiger partial charge in [0, 0.05) is 7.05 Å². The topological polar surface area (TPSA) is 57.7 Å². The van der Waals surface area contributed by atoms with Crippen LogP contribution in [0.4, 0.5) is 5.69 Å². The van der Waals surface area contributed by atoms with Gasteiger partial charge in [-0.05, 0) is 43.9 Å². The van der Waals surface area contributed by atoms with Crippen molar-refractivity contribution in [1.82, 2.24) is 4.90 Å². The SMILES string of the molecule is CC1=C2CCCC[C@@]23[C@@H]2C(=O)N(c4ccccc4)C(=O)[C@@H]2[C@H]1C(=O)N3C. The molecule has 2 aliphatic carbocycles. The summed E-state index contributed by atoms with van der Waals surface area (Å²) in [4.78, 5) is 43.0. The van der Waals surface area contributed by atoms with Crippen LogP contribution in [0.5, 0.6) is 0 Å². The van der Waals surface area contributed by atoms with Crippen LogP contribution in [0.1, 0.15) is 32.6 Å². The molecule has 1 saturated carbocycles. The number of amides is 3. The molecule has 26 heavy (non-hydrogen) atoms. The van der Waals surface area contributed by atoms with Crippen molar-refractivity contribution in [3.05, 3.63) is 41.5 Å².